The Hall–Kier alpha value is -2.61. The summed E-state index contributed by atoms with van der Waals surface area (Å²) in [5.74, 6) is -0.918. The van der Waals surface area contributed by atoms with Gasteiger partial charge in [0.2, 0.25) is 11.8 Å². The van der Waals surface area contributed by atoms with Gasteiger partial charge in [-0.05, 0) is 36.5 Å². The number of rotatable bonds is 2. The van der Waals surface area contributed by atoms with E-state index in [0.29, 0.717) is 19.0 Å². The van der Waals surface area contributed by atoms with Gasteiger partial charge in [-0.2, -0.15) is 0 Å². The fourth-order valence-corrected chi connectivity index (χ4v) is 4.95. The van der Waals surface area contributed by atoms with Gasteiger partial charge in [-0.3, -0.25) is 9.59 Å². The molecule has 2 fully saturated rings. The fourth-order valence-electron chi connectivity index (χ4n) is 4.95. The van der Waals surface area contributed by atoms with Crippen molar-refractivity contribution in [1.82, 2.24) is 10.2 Å². The van der Waals surface area contributed by atoms with E-state index in [1.165, 1.54) is 4.90 Å². The van der Waals surface area contributed by atoms with Gasteiger partial charge in [0, 0.05) is 13.0 Å². The lowest BCUT2D eigenvalue weighted by Gasteiger charge is -2.34. The predicted molar refractivity (Wildman–Crippen MR) is 112 cm³/mol. The Labute approximate surface area is 181 Å². The zero-order valence-electron chi connectivity index (χ0n) is 17.6. The lowest BCUT2D eigenvalue weighted by molar-refractivity contribution is -0.150. The molecule has 1 saturated heterocycles. The maximum Gasteiger partial charge on any atom is 0.326 e. The zero-order valence-corrected chi connectivity index (χ0v) is 17.6. The standard InChI is InChI=1S/C23H30N2O6/c26-20-12-15-5-4-8-17(11-15)30-9-10-31-18-13-19(23(28)29)25(14-18)22(27)21(24-20)16-6-2-1-3-7-16/h4-5,8,11,16,18-19,21H,1-3,6-7,9-10,12-14H2,(H,24,26)(H,28,29)/t18-,19+,21+/m1/s1. The first-order valence-corrected chi connectivity index (χ1v) is 11.2. The minimum absolute atomic E-state index is 0.0185. The molecule has 2 aliphatic heterocycles. The molecular weight excluding hydrogens is 400 g/mol. The number of hydrogen-bond acceptors (Lipinski definition) is 5. The van der Waals surface area contributed by atoms with Crippen molar-refractivity contribution in [1.29, 1.82) is 0 Å². The normalized spacial score (nSPS) is 28.3. The van der Waals surface area contributed by atoms with Gasteiger partial charge in [0.15, 0.2) is 0 Å². The molecule has 1 saturated carbocycles. The number of carboxylic acids is 1. The number of nitrogens with one attached hydrogen (secondary N) is 1. The summed E-state index contributed by atoms with van der Waals surface area (Å²) in [6.07, 6.45) is 4.85. The van der Waals surface area contributed by atoms with Crippen LogP contribution >= 0.6 is 0 Å². The van der Waals surface area contributed by atoms with E-state index >= 15 is 0 Å². The van der Waals surface area contributed by atoms with E-state index in [2.05, 4.69) is 5.32 Å². The Morgan fingerprint density at radius 3 is 2.71 bits per heavy atom. The maximum atomic E-state index is 13.5. The number of carbonyl (C=O) groups is 3. The van der Waals surface area contributed by atoms with Crippen molar-refractivity contribution in [3.05, 3.63) is 29.8 Å². The van der Waals surface area contributed by atoms with Gasteiger partial charge < -0.3 is 24.8 Å². The highest BCUT2D eigenvalue weighted by Gasteiger charge is 2.44. The summed E-state index contributed by atoms with van der Waals surface area (Å²) >= 11 is 0. The van der Waals surface area contributed by atoms with Crippen molar-refractivity contribution >= 4 is 17.8 Å². The first-order valence-electron chi connectivity index (χ1n) is 11.2. The second-order valence-electron chi connectivity index (χ2n) is 8.69. The first kappa shape index (κ1) is 21.6. The van der Waals surface area contributed by atoms with Gasteiger partial charge in [0.25, 0.3) is 0 Å². The largest absolute Gasteiger partial charge is 0.491 e. The smallest absolute Gasteiger partial charge is 0.326 e. The molecule has 1 aliphatic carbocycles. The van der Waals surface area contributed by atoms with Crippen LogP contribution in [0.4, 0.5) is 0 Å². The average molecular weight is 431 g/mol. The van der Waals surface area contributed by atoms with Crippen LogP contribution in [0, 0.1) is 5.92 Å². The average Bonchev–Trinajstić information content (AvgIpc) is 3.20. The molecule has 8 nitrogen and oxygen atoms in total. The molecule has 0 unspecified atom stereocenters. The lowest BCUT2D eigenvalue weighted by Crippen LogP contribution is -2.55. The molecule has 1 aromatic rings. The number of carboxylic acid groups (broad SMARTS) is 1. The van der Waals surface area contributed by atoms with Gasteiger partial charge in [-0.15, -0.1) is 0 Å². The molecule has 2 N–H and O–H groups in total. The Morgan fingerprint density at radius 2 is 1.94 bits per heavy atom. The molecule has 31 heavy (non-hydrogen) atoms. The van der Waals surface area contributed by atoms with E-state index in [9.17, 15) is 19.5 Å². The number of hydrogen-bond donors (Lipinski definition) is 2. The third-order valence-corrected chi connectivity index (χ3v) is 6.50. The van der Waals surface area contributed by atoms with Crippen LogP contribution in [0.2, 0.25) is 0 Å². The highest BCUT2D eigenvalue weighted by atomic mass is 16.5. The molecule has 3 aliphatic rings. The number of benzene rings is 1. The molecule has 0 aromatic heterocycles. The van der Waals surface area contributed by atoms with Gasteiger partial charge in [0.05, 0.1) is 19.1 Å². The van der Waals surface area contributed by atoms with Crippen LogP contribution in [0.5, 0.6) is 5.75 Å². The van der Waals surface area contributed by atoms with Crippen LogP contribution in [-0.2, 0) is 25.5 Å². The molecule has 2 amide bonds. The third kappa shape index (κ3) is 5.18. The topological polar surface area (TPSA) is 105 Å². The van der Waals surface area contributed by atoms with E-state index < -0.39 is 18.1 Å². The van der Waals surface area contributed by atoms with E-state index in [1.807, 2.05) is 24.3 Å². The van der Waals surface area contributed by atoms with E-state index in [1.54, 1.807) is 0 Å². The van der Waals surface area contributed by atoms with Gasteiger partial charge in [-0.25, -0.2) is 4.79 Å². The maximum absolute atomic E-state index is 13.5. The number of fused-ring (bicyclic) bond motifs is 4. The highest BCUT2D eigenvalue weighted by molar-refractivity contribution is 5.91. The fraction of sp³-hybridized carbons (Fsp3) is 0.609. The van der Waals surface area contributed by atoms with Crippen molar-refractivity contribution in [2.45, 2.75) is 63.1 Å². The summed E-state index contributed by atoms with van der Waals surface area (Å²) in [7, 11) is 0. The minimum Gasteiger partial charge on any atom is -0.491 e. The molecule has 1 aromatic carbocycles. The number of carbonyl (C=O) groups excluding carboxylic acids is 2. The minimum atomic E-state index is -1.04. The highest BCUT2D eigenvalue weighted by Crippen LogP contribution is 2.30. The first-order chi connectivity index (χ1) is 15.0. The molecule has 4 rings (SSSR count). The third-order valence-electron chi connectivity index (χ3n) is 6.50. The summed E-state index contributed by atoms with van der Waals surface area (Å²) in [5, 5.41) is 12.7. The van der Waals surface area contributed by atoms with Crippen LogP contribution < -0.4 is 10.1 Å². The van der Waals surface area contributed by atoms with E-state index in [4.69, 9.17) is 9.47 Å². The van der Waals surface area contributed by atoms with Gasteiger partial charge in [0.1, 0.15) is 24.4 Å². The van der Waals surface area contributed by atoms with Gasteiger partial charge >= 0.3 is 5.97 Å². The van der Waals surface area contributed by atoms with Crippen LogP contribution in [0.15, 0.2) is 24.3 Å². The predicted octanol–water partition coefficient (Wildman–Crippen LogP) is 1.76. The van der Waals surface area contributed by atoms with E-state index in [-0.39, 0.29) is 43.2 Å². The summed E-state index contributed by atoms with van der Waals surface area (Å²) in [6, 6.07) is 5.69. The molecule has 8 heteroatoms. The number of nitrogens with zero attached hydrogens (tertiary/aromatic N) is 1. The monoisotopic (exact) mass is 430 g/mol. The summed E-state index contributed by atoms with van der Waals surface area (Å²) in [4.78, 5) is 39.7. The van der Waals surface area contributed by atoms with Crippen molar-refractivity contribution in [3.63, 3.8) is 0 Å². The Kier molecular flexibility index (Phi) is 6.75. The van der Waals surface area contributed by atoms with Crippen molar-refractivity contribution in [2.24, 2.45) is 5.92 Å². The molecule has 3 atom stereocenters. The summed E-state index contributed by atoms with van der Waals surface area (Å²) < 4.78 is 11.6. The molecular formula is C23H30N2O6. The van der Waals surface area contributed by atoms with Crippen LogP contribution in [0.3, 0.4) is 0 Å². The van der Waals surface area contributed by atoms with Crippen molar-refractivity contribution < 1.29 is 29.0 Å². The van der Waals surface area contributed by atoms with E-state index in [0.717, 1.165) is 37.7 Å². The molecule has 0 radical (unpaired) electrons. The number of ether oxygens (including phenoxy) is 2. The SMILES string of the molecule is O=C1Cc2cccc(c2)OCCO[C@@H]2C[C@@H](C(=O)O)N(C2)C(=O)[C@H](C2CCCCC2)N1. The lowest BCUT2D eigenvalue weighted by atomic mass is 9.83. The zero-order chi connectivity index (χ0) is 21.8. The van der Waals surface area contributed by atoms with Gasteiger partial charge in [-0.1, -0.05) is 31.4 Å². The Balaban J connectivity index is 1.62. The molecule has 0 spiro atoms. The summed E-state index contributed by atoms with van der Waals surface area (Å²) in [6.45, 7) is 0.817. The van der Waals surface area contributed by atoms with Crippen molar-refractivity contribution in [2.75, 3.05) is 19.8 Å². The van der Waals surface area contributed by atoms with Crippen LogP contribution in [0.25, 0.3) is 0 Å². The van der Waals surface area contributed by atoms with Crippen LogP contribution in [0.1, 0.15) is 44.1 Å². The Morgan fingerprint density at radius 1 is 1.13 bits per heavy atom. The number of aliphatic carboxylic acids is 1. The summed E-state index contributed by atoms with van der Waals surface area (Å²) in [5.41, 5.74) is 0.797. The quantitative estimate of drug-likeness (QED) is 0.741. The van der Waals surface area contributed by atoms with Crippen molar-refractivity contribution in [3.8, 4) is 5.75 Å². The Bertz CT molecular complexity index is 822. The molecule has 4 bridgehead atoms. The number of amides is 2. The van der Waals surface area contributed by atoms with Crippen LogP contribution in [-0.4, -0.2) is 65.7 Å². The molecule has 168 valence electrons. The second kappa shape index (κ2) is 9.68. The molecule has 2 heterocycles. The second-order valence-corrected chi connectivity index (χ2v) is 8.69.